The number of ether oxygens (including phenoxy) is 1. The number of hydrogen-bond donors (Lipinski definition) is 1. The van der Waals surface area contributed by atoms with Crippen molar-refractivity contribution in [2.24, 2.45) is 0 Å². The second kappa shape index (κ2) is 10.0. The molecule has 3 heterocycles. The van der Waals surface area contributed by atoms with Crippen LogP contribution in [0.4, 0.5) is 18.0 Å². The summed E-state index contributed by atoms with van der Waals surface area (Å²) in [7, 11) is 0. The van der Waals surface area contributed by atoms with Gasteiger partial charge in [0.15, 0.2) is 11.6 Å². The Balaban J connectivity index is 1.54. The molecule has 1 aliphatic carbocycles. The van der Waals surface area contributed by atoms with Crippen LogP contribution in [0.25, 0.3) is 11.1 Å². The minimum absolute atomic E-state index is 0.00498. The lowest BCUT2D eigenvalue weighted by atomic mass is 10.0. The van der Waals surface area contributed by atoms with Crippen molar-refractivity contribution in [3.63, 3.8) is 0 Å². The molecule has 2 fully saturated rings. The number of aromatic nitrogens is 3. The number of alkyl halides is 2. The van der Waals surface area contributed by atoms with Crippen molar-refractivity contribution in [1.82, 2.24) is 25.2 Å². The Kier molecular flexibility index (Phi) is 7.19. The summed E-state index contributed by atoms with van der Waals surface area (Å²) in [4.78, 5) is 39.1. The first-order valence-corrected chi connectivity index (χ1v) is 12.0. The van der Waals surface area contributed by atoms with E-state index in [-0.39, 0.29) is 30.3 Å². The molecule has 1 aliphatic heterocycles. The molecule has 1 N–H and O–H groups in total. The molecule has 2 aromatic heterocycles. The normalized spacial score (nSPS) is 22.0. The van der Waals surface area contributed by atoms with Gasteiger partial charge in [0.1, 0.15) is 24.5 Å². The molecule has 11 heteroatoms. The molecule has 2 aromatic rings. The summed E-state index contributed by atoms with van der Waals surface area (Å²) in [6.07, 6.45) is 2.01. The van der Waals surface area contributed by atoms with Crippen LogP contribution >= 0.6 is 0 Å². The van der Waals surface area contributed by atoms with Crippen molar-refractivity contribution >= 4 is 12.0 Å². The monoisotopic (exact) mass is 505 g/mol. The van der Waals surface area contributed by atoms with E-state index >= 15 is 4.39 Å². The lowest BCUT2D eigenvalue weighted by Crippen LogP contribution is -2.50. The number of halogens is 3. The highest BCUT2D eigenvalue weighted by molar-refractivity contribution is 5.86. The van der Waals surface area contributed by atoms with Crippen molar-refractivity contribution in [2.45, 2.75) is 90.0 Å². The summed E-state index contributed by atoms with van der Waals surface area (Å²) < 4.78 is 47.9. The molecule has 2 amide bonds. The van der Waals surface area contributed by atoms with Crippen LogP contribution in [0, 0.1) is 5.82 Å². The molecule has 0 aromatic carbocycles. The topological polar surface area (TPSA) is 97.3 Å². The van der Waals surface area contributed by atoms with Gasteiger partial charge < -0.3 is 10.1 Å². The first-order chi connectivity index (χ1) is 17.0. The largest absolute Gasteiger partial charge is 0.444 e. The first-order valence-electron chi connectivity index (χ1n) is 12.0. The zero-order valence-electron chi connectivity index (χ0n) is 20.7. The molecule has 4 rings (SSSR count). The lowest BCUT2D eigenvalue weighted by Gasteiger charge is -2.30. The average molecular weight is 506 g/mol. The number of hydrogen-bond acceptors (Lipinski definition) is 6. The van der Waals surface area contributed by atoms with E-state index in [0.29, 0.717) is 17.0 Å². The summed E-state index contributed by atoms with van der Waals surface area (Å²) >= 11 is 0. The molecule has 8 nitrogen and oxygen atoms in total. The van der Waals surface area contributed by atoms with Crippen molar-refractivity contribution in [3.8, 4) is 11.1 Å². The number of amides is 2. The predicted molar refractivity (Wildman–Crippen MR) is 125 cm³/mol. The lowest BCUT2D eigenvalue weighted by molar-refractivity contribution is -0.126. The van der Waals surface area contributed by atoms with E-state index in [4.69, 9.17) is 4.74 Å². The van der Waals surface area contributed by atoms with Crippen LogP contribution in [0.15, 0.2) is 18.5 Å². The Morgan fingerprint density at radius 1 is 1.22 bits per heavy atom. The number of nitrogens with one attached hydrogen (secondary N) is 1. The molecule has 0 spiro atoms. The summed E-state index contributed by atoms with van der Waals surface area (Å²) in [5, 5.41) is 2.71. The van der Waals surface area contributed by atoms with Crippen molar-refractivity contribution < 1.29 is 27.5 Å². The van der Waals surface area contributed by atoms with Gasteiger partial charge in [-0.1, -0.05) is 0 Å². The Hall–Kier alpha value is -3.24. The number of nitrogens with zero attached hydrogens (tertiary/aromatic N) is 4. The van der Waals surface area contributed by atoms with Crippen LogP contribution in [-0.4, -0.2) is 55.7 Å². The number of likely N-dealkylation sites (tertiary alicyclic amines) is 1. The second-order valence-corrected chi connectivity index (χ2v) is 10.3. The molecule has 0 radical (unpaired) electrons. The molecule has 36 heavy (non-hydrogen) atoms. The molecule has 1 saturated carbocycles. The smallest absolute Gasteiger partial charge is 0.411 e. The molecular formula is C25H30F3N5O3. The van der Waals surface area contributed by atoms with E-state index in [2.05, 4.69) is 20.3 Å². The van der Waals surface area contributed by atoms with Crippen LogP contribution in [0.1, 0.15) is 70.1 Å². The maximum Gasteiger partial charge on any atom is 0.411 e. The Bertz CT molecular complexity index is 1130. The second-order valence-electron chi connectivity index (χ2n) is 10.3. The van der Waals surface area contributed by atoms with Crippen LogP contribution in [0.5, 0.6) is 0 Å². The third-order valence-corrected chi connectivity index (χ3v) is 6.23. The van der Waals surface area contributed by atoms with E-state index in [1.165, 1.54) is 25.4 Å². The van der Waals surface area contributed by atoms with E-state index in [1.54, 1.807) is 20.8 Å². The van der Waals surface area contributed by atoms with Gasteiger partial charge in [-0.15, -0.1) is 0 Å². The van der Waals surface area contributed by atoms with Gasteiger partial charge in [0.25, 0.3) is 0 Å². The van der Waals surface area contributed by atoms with E-state index in [1.807, 2.05) is 0 Å². The first kappa shape index (κ1) is 25.8. The zero-order chi connectivity index (χ0) is 26.2. The number of carbonyl (C=O) groups excluding carboxylic acids is 2. The number of rotatable bonds is 6. The number of carbonyl (C=O) groups is 2. The van der Waals surface area contributed by atoms with Crippen molar-refractivity contribution in [1.29, 1.82) is 0 Å². The van der Waals surface area contributed by atoms with Crippen LogP contribution in [0.2, 0.25) is 0 Å². The van der Waals surface area contributed by atoms with E-state index in [9.17, 15) is 18.4 Å². The van der Waals surface area contributed by atoms with Gasteiger partial charge in [0.05, 0.1) is 24.0 Å². The third-order valence-electron chi connectivity index (χ3n) is 6.23. The zero-order valence-corrected chi connectivity index (χ0v) is 20.7. The Morgan fingerprint density at radius 3 is 2.47 bits per heavy atom. The highest BCUT2D eigenvalue weighted by Crippen LogP contribution is 2.42. The maximum absolute atomic E-state index is 15.2. The highest BCUT2D eigenvalue weighted by Gasteiger charge is 2.46. The minimum Gasteiger partial charge on any atom is -0.444 e. The fourth-order valence-electron chi connectivity index (χ4n) is 4.21. The SMILES string of the molecule is C[C@H]1[C@H](F)C[C@@H](C(=O)NCc2cc(-c3cnc(CF)nc3)c(F)c(C3CC3)n2)N1C(=O)OC(C)(C)C. The van der Waals surface area contributed by atoms with Crippen LogP contribution < -0.4 is 5.32 Å². The fraction of sp³-hybridized carbons (Fsp3) is 0.560. The molecule has 0 bridgehead atoms. The van der Waals surface area contributed by atoms with Gasteiger partial charge >= 0.3 is 6.09 Å². The molecule has 0 unspecified atom stereocenters. The average Bonchev–Trinajstić information content (AvgIpc) is 3.62. The maximum atomic E-state index is 15.2. The molecule has 194 valence electrons. The van der Waals surface area contributed by atoms with Gasteiger partial charge in [0.2, 0.25) is 5.91 Å². The minimum atomic E-state index is -1.38. The number of pyridine rings is 1. The predicted octanol–water partition coefficient (Wildman–Crippen LogP) is 4.38. The standard InChI is InChI=1S/C25H30F3N5O3/c1-13-18(27)8-19(33(13)24(35)36-25(2,3)4)23(34)31-12-16-7-17(15-10-29-20(9-26)30-11-15)21(28)22(32-16)14-5-6-14/h7,10-11,13-14,18-19H,5-6,8-9,12H2,1-4H3,(H,31,34)/t13-,18+,19-/m0/s1. The van der Waals surface area contributed by atoms with Gasteiger partial charge in [-0.2, -0.15) is 0 Å². The van der Waals surface area contributed by atoms with Crippen molar-refractivity contribution in [2.75, 3.05) is 0 Å². The molecular weight excluding hydrogens is 475 g/mol. The van der Waals surface area contributed by atoms with E-state index in [0.717, 1.165) is 17.7 Å². The summed E-state index contributed by atoms with van der Waals surface area (Å²) in [5.41, 5.74) is 0.451. The highest BCUT2D eigenvalue weighted by atomic mass is 19.1. The van der Waals surface area contributed by atoms with Crippen LogP contribution in [0.3, 0.4) is 0 Å². The molecule has 2 aliphatic rings. The van der Waals surface area contributed by atoms with Gasteiger partial charge in [0, 0.05) is 35.9 Å². The molecule has 3 atom stereocenters. The van der Waals surface area contributed by atoms with Gasteiger partial charge in [-0.3, -0.25) is 14.7 Å². The summed E-state index contributed by atoms with van der Waals surface area (Å²) in [6, 6.07) is -0.384. The third kappa shape index (κ3) is 5.60. The molecule has 1 saturated heterocycles. The quantitative estimate of drug-likeness (QED) is 0.626. The van der Waals surface area contributed by atoms with Gasteiger partial charge in [-0.05, 0) is 46.6 Å². The Morgan fingerprint density at radius 2 is 1.89 bits per heavy atom. The summed E-state index contributed by atoms with van der Waals surface area (Å²) in [5.74, 6) is -1.07. The van der Waals surface area contributed by atoms with Crippen LogP contribution in [-0.2, 0) is 22.8 Å². The van der Waals surface area contributed by atoms with Gasteiger partial charge in [-0.25, -0.2) is 27.9 Å². The fourth-order valence-corrected chi connectivity index (χ4v) is 4.21. The summed E-state index contributed by atoms with van der Waals surface area (Å²) in [6.45, 7) is 5.73. The Labute approximate surface area is 207 Å². The van der Waals surface area contributed by atoms with Crippen molar-refractivity contribution in [3.05, 3.63) is 41.5 Å². The van der Waals surface area contributed by atoms with E-state index < -0.39 is 48.3 Å².